The van der Waals surface area contributed by atoms with Crippen molar-refractivity contribution in [3.05, 3.63) is 60.1 Å². The van der Waals surface area contributed by atoms with Gasteiger partial charge in [-0.15, -0.1) is 5.10 Å². The van der Waals surface area contributed by atoms with Gasteiger partial charge in [-0.2, -0.15) is 5.10 Å². The maximum atomic E-state index is 13.0. The number of carbonyl (C=O) groups excluding carboxylic acids is 1. The highest BCUT2D eigenvalue weighted by Gasteiger charge is 2.21. The van der Waals surface area contributed by atoms with Gasteiger partial charge in [0.2, 0.25) is 0 Å². The molecule has 0 aromatic carbocycles. The first-order valence-electron chi connectivity index (χ1n) is 14.4. The van der Waals surface area contributed by atoms with Gasteiger partial charge in [-0.25, -0.2) is 4.68 Å². The molecule has 0 bridgehead atoms. The molecule has 0 atom stereocenters. The molecular weight excluding hydrogens is 532 g/mol. The highest BCUT2D eigenvalue weighted by molar-refractivity contribution is 6.03. The van der Waals surface area contributed by atoms with E-state index in [0.29, 0.717) is 17.1 Å². The van der Waals surface area contributed by atoms with E-state index in [1.54, 1.807) is 23.1 Å². The van der Waals surface area contributed by atoms with E-state index in [4.69, 9.17) is 4.74 Å². The molecule has 5 rings (SSSR count). The molecule has 0 unspecified atom stereocenters. The summed E-state index contributed by atoms with van der Waals surface area (Å²) in [6, 6.07) is 5.74. The van der Waals surface area contributed by atoms with Crippen molar-refractivity contribution >= 4 is 17.3 Å². The van der Waals surface area contributed by atoms with Crippen LogP contribution < -0.4 is 10.2 Å². The molecular formula is C30H40N10O2. The van der Waals surface area contributed by atoms with Crippen LogP contribution in [0.25, 0.3) is 16.9 Å². The number of hydrogen-bond donors (Lipinski definition) is 1. The van der Waals surface area contributed by atoms with Crippen LogP contribution in [0.1, 0.15) is 49.6 Å². The van der Waals surface area contributed by atoms with Crippen molar-refractivity contribution in [2.45, 2.75) is 47.1 Å². The largest absolute Gasteiger partial charge is 0.380 e. The minimum Gasteiger partial charge on any atom is -0.380 e. The molecule has 1 saturated heterocycles. The Morgan fingerprint density at radius 3 is 2.55 bits per heavy atom. The molecule has 1 amide bonds. The third kappa shape index (κ3) is 6.66. The zero-order valence-electron chi connectivity index (χ0n) is 25.3. The Labute approximate surface area is 246 Å². The van der Waals surface area contributed by atoms with Crippen molar-refractivity contribution < 1.29 is 9.53 Å². The summed E-state index contributed by atoms with van der Waals surface area (Å²) in [5, 5.41) is 16.2. The molecule has 0 spiro atoms. The first-order chi connectivity index (χ1) is 20.1. The maximum absolute atomic E-state index is 13.0. The van der Waals surface area contributed by atoms with E-state index in [1.165, 1.54) is 0 Å². The summed E-state index contributed by atoms with van der Waals surface area (Å²) in [7, 11) is 0. The summed E-state index contributed by atoms with van der Waals surface area (Å²) >= 11 is 0. The smallest absolute Gasteiger partial charge is 0.276 e. The number of aryl methyl sites for hydroxylation is 2. The van der Waals surface area contributed by atoms with E-state index in [9.17, 15) is 4.79 Å². The highest BCUT2D eigenvalue weighted by Crippen LogP contribution is 2.25. The summed E-state index contributed by atoms with van der Waals surface area (Å²) < 4.78 is 9.03. The summed E-state index contributed by atoms with van der Waals surface area (Å²) in [5.74, 6) is -0.296. The number of ether oxygens (including phenoxy) is 1. The van der Waals surface area contributed by atoms with E-state index >= 15 is 0 Å². The van der Waals surface area contributed by atoms with Gasteiger partial charge in [-0.3, -0.25) is 24.3 Å². The lowest BCUT2D eigenvalue weighted by Crippen LogP contribution is -2.47. The molecule has 1 aliphatic rings. The quantitative estimate of drug-likeness (QED) is 0.299. The minimum atomic E-state index is -0.296. The molecule has 12 heteroatoms. The number of pyridine rings is 2. The molecule has 1 N–H and O–H groups in total. The van der Waals surface area contributed by atoms with Crippen LogP contribution in [-0.4, -0.2) is 91.5 Å². The van der Waals surface area contributed by atoms with Gasteiger partial charge < -0.3 is 15.0 Å². The molecule has 0 aliphatic carbocycles. The molecule has 0 saturated carbocycles. The Balaban J connectivity index is 1.28. The number of nitrogens with one attached hydrogen (secondary N) is 1. The van der Waals surface area contributed by atoms with E-state index in [0.717, 1.165) is 74.3 Å². The van der Waals surface area contributed by atoms with Crippen LogP contribution in [-0.2, 0) is 10.3 Å². The standard InChI is InChI=1S/C30H40N10O2/c1-7-42-13-12-37-8-10-38(11-9-37)25-15-23(17-31-19-25)27-20-39(36-34-27)28-16-24(18-32-22(28)3)33-29(41)26-14-21(2)40(35-26)30(4,5)6/h14-20H,7-13H2,1-6H3,(H,33,41). The number of anilines is 2. The monoisotopic (exact) mass is 572 g/mol. The molecule has 0 radical (unpaired) electrons. The Morgan fingerprint density at radius 2 is 1.83 bits per heavy atom. The predicted octanol–water partition coefficient (Wildman–Crippen LogP) is 3.70. The molecule has 1 aliphatic heterocycles. The van der Waals surface area contributed by atoms with Crippen LogP contribution in [0.5, 0.6) is 0 Å². The minimum absolute atomic E-state index is 0.222. The van der Waals surface area contributed by atoms with Crippen LogP contribution in [0.4, 0.5) is 11.4 Å². The van der Waals surface area contributed by atoms with Crippen molar-refractivity contribution in [2.75, 3.05) is 56.2 Å². The molecule has 222 valence electrons. The zero-order valence-corrected chi connectivity index (χ0v) is 25.3. The second-order valence-electron chi connectivity index (χ2n) is 11.5. The molecule has 4 aromatic heterocycles. The lowest BCUT2D eigenvalue weighted by atomic mass is 10.1. The zero-order chi connectivity index (χ0) is 29.9. The van der Waals surface area contributed by atoms with Crippen molar-refractivity contribution in [3.63, 3.8) is 0 Å². The van der Waals surface area contributed by atoms with Crippen molar-refractivity contribution in [2.24, 2.45) is 0 Å². The van der Waals surface area contributed by atoms with Gasteiger partial charge in [-0.05, 0) is 59.7 Å². The fourth-order valence-corrected chi connectivity index (χ4v) is 5.10. The van der Waals surface area contributed by atoms with E-state index < -0.39 is 0 Å². The second-order valence-corrected chi connectivity index (χ2v) is 11.5. The van der Waals surface area contributed by atoms with Gasteiger partial charge in [0.25, 0.3) is 5.91 Å². The average Bonchev–Trinajstić information content (AvgIpc) is 3.62. The topological polar surface area (TPSA) is 119 Å². The Morgan fingerprint density at radius 1 is 1.05 bits per heavy atom. The number of piperazine rings is 1. The van der Waals surface area contributed by atoms with Crippen LogP contribution >= 0.6 is 0 Å². The fraction of sp³-hybridized carbons (Fsp3) is 0.467. The first kappa shape index (κ1) is 29.3. The van der Waals surface area contributed by atoms with Gasteiger partial charge in [0, 0.05) is 56.8 Å². The van der Waals surface area contributed by atoms with Gasteiger partial charge >= 0.3 is 0 Å². The van der Waals surface area contributed by atoms with Crippen molar-refractivity contribution in [3.8, 4) is 16.9 Å². The number of carbonyl (C=O) groups is 1. The van der Waals surface area contributed by atoms with Crippen LogP contribution in [0.2, 0.25) is 0 Å². The van der Waals surface area contributed by atoms with E-state index in [1.807, 2.05) is 43.9 Å². The molecule has 5 heterocycles. The van der Waals surface area contributed by atoms with Crippen LogP contribution in [0.15, 0.2) is 43.0 Å². The Hall–Kier alpha value is -4.16. The fourth-order valence-electron chi connectivity index (χ4n) is 5.10. The molecule has 12 nitrogen and oxygen atoms in total. The maximum Gasteiger partial charge on any atom is 0.276 e. The van der Waals surface area contributed by atoms with E-state index in [-0.39, 0.29) is 11.4 Å². The third-order valence-corrected chi connectivity index (χ3v) is 7.33. The number of amides is 1. The number of rotatable bonds is 9. The SMILES string of the molecule is CCOCCN1CCN(c2cncc(-c3cn(-c4cc(NC(=O)c5cc(C)n(C(C)(C)C)n5)cnc4C)nn3)c2)CC1. The van der Waals surface area contributed by atoms with Gasteiger partial charge in [-0.1, -0.05) is 5.21 Å². The lowest BCUT2D eigenvalue weighted by Gasteiger charge is -2.35. The summed E-state index contributed by atoms with van der Waals surface area (Å²) in [6.45, 7) is 18.4. The van der Waals surface area contributed by atoms with Crippen LogP contribution in [0.3, 0.4) is 0 Å². The van der Waals surface area contributed by atoms with Crippen molar-refractivity contribution in [1.29, 1.82) is 0 Å². The third-order valence-electron chi connectivity index (χ3n) is 7.33. The highest BCUT2D eigenvalue weighted by atomic mass is 16.5. The molecule has 1 fully saturated rings. The number of aromatic nitrogens is 7. The molecule has 4 aromatic rings. The average molecular weight is 573 g/mol. The number of nitrogens with zero attached hydrogens (tertiary/aromatic N) is 9. The summed E-state index contributed by atoms with van der Waals surface area (Å²) in [4.78, 5) is 26.8. The van der Waals surface area contributed by atoms with E-state index in [2.05, 4.69) is 67.3 Å². The summed E-state index contributed by atoms with van der Waals surface area (Å²) in [6.07, 6.45) is 7.19. The molecule has 42 heavy (non-hydrogen) atoms. The van der Waals surface area contributed by atoms with Gasteiger partial charge in [0.05, 0.1) is 53.5 Å². The van der Waals surface area contributed by atoms with Gasteiger partial charge in [0.1, 0.15) is 5.69 Å². The van der Waals surface area contributed by atoms with Crippen LogP contribution in [0, 0.1) is 13.8 Å². The Kier molecular flexibility index (Phi) is 8.64. The predicted molar refractivity (Wildman–Crippen MR) is 162 cm³/mol. The second kappa shape index (κ2) is 12.4. The lowest BCUT2D eigenvalue weighted by molar-refractivity contribution is 0.102. The number of hydrogen-bond acceptors (Lipinski definition) is 9. The van der Waals surface area contributed by atoms with Crippen molar-refractivity contribution in [1.82, 2.24) is 39.6 Å². The first-order valence-corrected chi connectivity index (χ1v) is 14.4. The summed E-state index contributed by atoms with van der Waals surface area (Å²) in [5.41, 5.74) is 5.73. The Bertz CT molecular complexity index is 1530. The van der Waals surface area contributed by atoms with Gasteiger partial charge in [0.15, 0.2) is 5.69 Å². The normalized spacial score (nSPS) is 14.4.